The van der Waals surface area contributed by atoms with Crippen molar-refractivity contribution in [3.05, 3.63) is 52.0 Å². The number of rotatable bonds is 5. The van der Waals surface area contributed by atoms with Gasteiger partial charge < -0.3 is 4.98 Å². The topological polar surface area (TPSA) is 72.7 Å². The number of nitrogens with zero attached hydrogens (tertiary/aromatic N) is 3. The molecule has 2 heterocycles. The molecule has 0 aromatic carbocycles. The zero-order chi connectivity index (χ0) is 16.4. The molecule has 0 amide bonds. The van der Waals surface area contributed by atoms with Crippen molar-refractivity contribution in [1.82, 2.24) is 19.1 Å². The van der Waals surface area contributed by atoms with Gasteiger partial charge in [0.15, 0.2) is 5.65 Å². The van der Waals surface area contributed by atoms with Gasteiger partial charge in [0.25, 0.3) is 5.56 Å². The van der Waals surface area contributed by atoms with Crippen molar-refractivity contribution < 1.29 is 0 Å². The number of aromatic amines is 1. The summed E-state index contributed by atoms with van der Waals surface area (Å²) in [5, 5.41) is 0. The van der Waals surface area contributed by atoms with Gasteiger partial charge in [-0.3, -0.25) is 13.9 Å². The van der Waals surface area contributed by atoms with Crippen molar-refractivity contribution in [3.8, 4) is 0 Å². The average molecular weight is 314 g/mol. The lowest BCUT2D eigenvalue weighted by atomic mass is 9.89. The molecule has 1 fully saturated rings. The molecule has 0 atom stereocenters. The molecule has 0 radical (unpaired) electrons. The molecule has 2 aromatic heterocycles. The Morgan fingerprint density at radius 1 is 1.09 bits per heavy atom. The van der Waals surface area contributed by atoms with Crippen molar-refractivity contribution in [2.75, 3.05) is 0 Å². The van der Waals surface area contributed by atoms with E-state index in [0.29, 0.717) is 23.6 Å². The van der Waals surface area contributed by atoms with E-state index < -0.39 is 0 Å². The Balaban J connectivity index is 2.22. The van der Waals surface area contributed by atoms with Gasteiger partial charge in [-0.05, 0) is 12.8 Å². The van der Waals surface area contributed by atoms with E-state index in [1.807, 2.05) is 0 Å². The van der Waals surface area contributed by atoms with Crippen LogP contribution in [0.2, 0.25) is 0 Å². The van der Waals surface area contributed by atoms with Gasteiger partial charge >= 0.3 is 5.69 Å². The van der Waals surface area contributed by atoms with Crippen LogP contribution in [0.4, 0.5) is 0 Å². The molecule has 1 aliphatic rings. The maximum Gasteiger partial charge on any atom is 0.333 e. The first-order chi connectivity index (χ1) is 11.2. The predicted molar refractivity (Wildman–Crippen MR) is 90.8 cm³/mol. The Labute approximate surface area is 134 Å². The van der Waals surface area contributed by atoms with E-state index in [9.17, 15) is 9.59 Å². The van der Waals surface area contributed by atoms with E-state index in [1.165, 1.54) is 28.4 Å². The Morgan fingerprint density at radius 2 is 1.74 bits per heavy atom. The van der Waals surface area contributed by atoms with Crippen LogP contribution in [0.3, 0.4) is 0 Å². The standard InChI is InChI=1S/C17H22N4O2/c1-3-10-20-15-13(16(22)21(11-4-2)17(20)23)18-14(19-15)12-8-6-5-7-9-12/h3-4,12H,1-2,5-11H2,(H,18,19). The first-order valence-electron chi connectivity index (χ1n) is 8.12. The summed E-state index contributed by atoms with van der Waals surface area (Å²) >= 11 is 0. The fourth-order valence-corrected chi connectivity index (χ4v) is 3.34. The number of imidazole rings is 1. The molecular weight excluding hydrogens is 292 g/mol. The van der Waals surface area contributed by atoms with Crippen LogP contribution in [0, 0.1) is 0 Å². The number of allylic oxidation sites excluding steroid dienone is 2. The third kappa shape index (κ3) is 2.69. The molecule has 3 rings (SSSR count). The molecule has 23 heavy (non-hydrogen) atoms. The van der Waals surface area contributed by atoms with Crippen LogP contribution in [-0.4, -0.2) is 19.1 Å². The zero-order valence-corrected chi connectivity index (χ0v) is 13.3. The fraction of sp³-hybridized carbons (Fsp3) is 0.471. The molecule has 0 saturated heterocycles. The Bertz CT molecular complexity index is 850. The van der Waals surface area contributed by atoms with Gasteiger partial charge in [0.2, 0.25) is 0 Å². The SMILES string of the molecule is C=CCn1c(=O)c2[nH]c(C3CCCCC3)nc2n(CC=C)c1=O. The zero-order valence-electron chi connectivity index (χ0n) is 13.3. The molecule has 1 N–H and O–H groups in total. The summed E-state index contributed by atoms with van der Waals surface area (Å²) < 4.78 is 2.68. The molecule has 0 unspecified atom stereocenters. The third-order valence-electron chi connectivity index (χ3n) is 4.49. The van der Waals surface area contributed by atoms with Crippen molar-refractivity contribution in [3.63, 3.8) is 0 Å². The van der Waals surface area contributed by atoms with Crippen molar-refractivity contribution >= 4 is 11.2 Å². The van der Waals surface area contributed by atoms with Crippen LogP contribution >= 0.6 is 0 Å². The maximum atomic E-state index is 12.6. The first-order valence-corrected chi connectivity index (χ1v) is 8.12. The molecule has 0 aliphatic heterocycles. The van der Waals surface area contributed by atoms with Crippen LogP contribution in [0.25, 0.3) is 11.2 Å². The Hall–Kier alpha value is -2.37. The molecule has 6 nitrogen and oxygen atoms in total. The van der Waals surface area contributed by atoms with E-state index in [4.69, 9.17) is 0 Å². The van der Waals surface area contributed by atoms with Gasteiger partial charge in [0.05, 0.1) is 0 Å². The number of nitrogens with one attached hydrogen (secondary N) is 1. The van der Waals surface area contributed by atoms with Gasteiger partial charge in [0.1, 0.15) is 11.3 Å². The van der Waals surface area contributed by atoms with Crippen LogP contribution in [0.1, 0.15) is 43.8 Å². The minimum absolute atomic E-state index is 0.183. The minimum atomic E-state index is -0.371. The van der Waals surface area contributed by atoms with Gasteiger partial charge in [0, 0.05) is 19.0 Å². The number of aromatic nitrogens is 4. The second-order valence-corrected chi connectivity index (χ2v) is 6.04. The molecule has 2 aromatic rings. The van der Waals surface area contributed by atoms with Crippen LogP contribution in [0.5, 0.6) is 0 Å². The second-order valence-electron chi connectivity index (χ2n) is 6.04. The summed E-state index contributed by atoms with van der Waals surface area (Å²) in [6.45, 7) is 7.82. The average Bonchev–Trinajstić information content (AvgIpc) is 3.02. The summed E-state index contributed by atoms with van der Waals surface area (Å²) in [7, 11) is 0. The number of fused-ring (bicyclic) bond motifs is 1. The smallest absolute Gasteiger partial charge is 0.333 e. The largest absolute Gasteiger partial charge is 0.336 e. The highest BCUT2D eigenvalue weighted by atomic mass is 16.2. The van der Waals surface area contributed by atoms with Gasteiger partial charge in [-0.15, -0.1) is 13.2 Å². The lowest BCUT2D eigenvalue weighted by Crippen LogP contribution is -2.39. The second kappa shape index (κ2) is 6.40. The van der Waals surface area contributed by atoms with Crippen molar-refractivity contribution in [1.29, 1.82) is 0 Å². The quantitative estimate of drug-likeness (QED) is 0.861. The van der Waals surface area contributed by atoms with E-state index in [2.05, 4.69) is 23.1 Å². The molecule has 1 saturated carbocycles. The lowest BCUT2D eigenvalue weighted by molar-refractivity contribution is 0.431. The molecule has 1 aliphatic carbocycles. The molecule has 6 heteroatoms. The third-order valence-corrected chi connectivity index (χ3v) is 4.49. The Morgan fingerprint density at radius 3 is 2.39 bits per heavy atom. The fourth-order valence-electron chi connectivity index (χ4n) is 3.34. The highest BCUT2D eigenvalue weighted by Gasteiger charge is 2.22. The summed E-state index contributed by atoms with van der Waals surface area (Å²) in [4.78, 5) is 32.9. The number of H-pyrrole nitrogens is 1. The maximum absolute atomic E-state index is 12.6. The summed E-state index contributed by atoms with van der Waals surface area (Å²) in [6, 6.07) is 0. The van der Waals surface area contributed by atoms with E-state index in [1.54, 1.807) is 12.2 Å². The minimum Gasteiger partial charge on any atom is -0.336 e. The van der Waals surface area contributed by atoms with Gasteiger partial charge in [-0.2, -0.15) is 0 Å². The van der Waals surface area contributed by atoms with Crippen molar-refractivity contribution in [2.45, 2.75) is 51.1 Å². The summed E-state index contributed by atoms with van der Waals surface area (Å²) in [5.41, 5.74) is 0.124. The normalized spacial score (nSPS) is 15.8. The van der Waals surface area contributed by atoms with E-state index in [-0.39, 0.29) is 17.8 Å². The van der Waals surface area contributed by atoms with Crippen LogP contribution in [0.15, 0.2) is 34.9 Å². The van der Waals surface area contributed by atoms with E-state index in [0.717, 1.165) is 18.7 Å². The lowest BCUT2D eigenvalue weighted by Gasteiger charge is -2.18. The highest BCUT2D eigenvalue weighted by molar-refractivity contribution is 5.70. The predicted octanol–water partition coefficient (Wildman–Crippen LogP) is 2.31. The highest BCUT2D eigenvalue weighted by Crippen LogP contribution is 2.31. The monoisotopic (exact) mass is 314 g/mol. The summed E-state index contributed by atoms with van der Waals surface area (Å²) in [5.74, 6) is 1.17. The van der Waals surface area contributed by atoms with Crippen LogP contribution in [-0.2, 0) is 13.1 Å². The number of hydrogen-bond acceptors (Lipinski definition) is 3. The van der Waals surface area contributed by atoms with Gasteiger partial charge in [-0.25, -0.2) is 9.78 Å². The van der Waals surface area contributed by atoms with Crippen molar-refractivity contribution in [2.24, 2.45) is 0 Å². The van der Waals surface area contributed by atoms with Gasteiger partial charge in [-0.1, -0.05) is 31.4 Å². The van der Waals surface area contributed by atoms with E-state index >= 15 is 0 Å². The Kier molecular flexibility index (Phi) is 4.32. The number of hydrogen-bond donors (Lipinski definition) is 1. The molecule has 0 bridgehead atoms. The molecule has 0 spiro atoms. The summed E-state index contributed by atoms with van der Waals surface area (Å²) in [6.07, 6.45) is 8.95. The molecule has 122 valence electrons. The first kappa shape index (κ1) is 15.5. The molecular formula is C17H22N4O2. The van der Waals surface area contributed by atoms with Crippen LogP contribution < -0.4 is 11.2 Å².